The van der Waals surface area contributed by atoms with E-state index >= 15 is 0 Å². The van der Waals surface area contributed by atoms with Crippen LogP contribution in [0.1, 0.15) is 30.5 Å². The van der Waals surface area contributed by atoms with Gasteiger partial charge >= 0.3 is 0 Å². The summed E-state index contributed by atoms with van der Waals surface area (Å²) >= 11 is 5.26. The van der Waals surface area contributed by atoms with Gasteiger partial charge in [0.25, 0.3) is 0 Å². The zero-order valence-electron chi connectivity index (χ0n) is 12.2. The fraction of sp³-hybridized carbons (Fsp3) is 0.294. The number of thioether (sulfide) groups is 1. The van der Waals surface area contributed by atoms with E-state index in [0.29, 0.717) is 0 Å². The molecule has 0 aliphatic rings. The zero-order chi connectivity index (χ0) is 15.1. The van der Waals surface area contributed by atoms with Crippen LogP contribution in [0, 0.1) is 0 Å². The first-order chi connectivity index (χ1) is 10.2. The Morgan fingerprint density at radius 2 is 1.76 bits per heavy atom. The average Bonchev–Trinajstić information content (AvgIpc) is 2.51. The summed E-state index contributed by atoms with van der Waals surface area (Å²) in [5.74, 6) is 6.63. The minimum atomic E-state index is 0.161. The predicted octanol–water partition coefficient (Wildman–Crippen LogP) is 4.70. The van der Waals surface area contributed by atoms with Crippen LogP contribution in [0.5, 0.6) is 0 Å². The van der Waals surface area contributed by atoms with Crippen molar-refractivity contribution in [2.45, 2.75) is 30.7 Å². The lowest BCUT2D eigenvalue weighted by atomic mass is 10.0. The molecule has 0 bridgehead atoms. The van der Waals surface area contributed by atoms with E-state index in [4.69, 9.17) is 5.84 Å². The number of benzene rings is 2. The van der Waals surface area contributed by atoms with Crippen molar-refractivity contribution in [3.8, 4) is 0 Å². The highest BCUT2D eigenvalue weighted by atomic mass is 79.9. The van der Waals surface area contributed by atoms with Gasteiger partial charge in [-0.15, -0.1) is 11.8 Å². The molecule has 112 valence electrons. The molecule has 0 fully saturated rings. The van der Waals surface area contributed by atoms with Gasteiger partial charge in [0.05, 0.1) is 6.04 Å². The summed E-state index contributed by atoms with van der Waals surface area (Å²) in [6, 6.07) is 17.3. The van der Waals surface area contributed by atoms with Gasteiger partial charge < -0.3 is 0 Å². The van der Waals surface area contributed by atoms with Gasteiger partial charge in [0.15, 0.2) is 0 Å². The van der Waals surface area contributed by atoms with Crippen molar-refractivity contribution < 1.29 is 0 Å². The van der Waals surface area contributed by atoms with E-state index < -0.39 is 0 Å². The van der Waals surface area contributed by atoms with Gasteiger partial charge in [0.2, 0.25) is 0 Å². The number of hydrazine groups is 1. The predicted molar refractivity (Wildman–Crippen MR) is 95.4 cm³/mol. The lowest BCUT2D eigenvalue weighted by Crippen LogP contribution is -2.29. The van der Waals surface area contributed by atoms with E-state index in [0.717, 1.165) is 16.6 Å². The van der Waals surface area contributed by atoms with E-state index in [2.05, 4.69) is 76.8 Å². The molecule has 21 heavy (non-hydrogen) atoms. The average molecular weight is 365 g/mol. The number of aryl methyl sites for hydroxylation is 1. The molecule has 0 spiro atoms. The lowest BCUT2D eigenvalue weighted by molar-refractivity contribution is 0.610. The molecule has 0 radical (unpaired) electrons. The van der Waals surface area contributed by atoms with Crippen LogP contribution in [0.15, 0.2) is 57.9 Å². The van der Waals surface area contributed by atoms with Crippen LogP contribution >= 0.6 is 27.7 Å². The maximum absolute atomic E-state index is 5.72. The Bertz CT molecular complexity index is 540. The number of hydrogen-bond acceptors (Lipinski definition) is 3. The number of nitrogens with one attached hydrogen (secondary N) is 1. The highest BCUT2D eigenvalue weighted by Crippen LogP contribution is 2.26. The molecule has 4 heteroatoms. The summed E-state index contributed by atoms with van der Waals surface area (Å²) in [6.45, 7) is 2.20. The molecule has 2 aromatic carbocycles. The summed E-state index contributed by atoms with van der Waals surface area (Å²) in [6.07, 6.45) is 2.31. The molecular weight excluding hydrogens is 344 g/mol. The van der Waals surface area contributed by atoms with Crippen LogP contribution in [-0.2, 0) is 6.42 Å². The molecule has 3 N–H and O–H groups in total. The van der Waals surface area contributed by atoms with E-state index in [1.807, 2.05) is 11.8 Å². The van der Waals surface area contributed by atoms with E-state index in [-0.39, 0.29) is 6.04 Å². The van der Waals surface area contributed by atoms with Gasteiger partial charge in [-0.25, -0.2) is 0 Å². The fourth-order valence-electron chi connectivity index (χ4n) is 2.16. The monoisotopic (exact) mass is 364 g/mol. The minimum Gasteiger partial charge on any atom is -0.271 e. The summed E-state index contributed by atoms with van der Waals surface area (Å²) in [5, 5.41) is 0. The Hall–Kier alpha value is -0.810. The number of nitrogens with two attached hydrogens (primary N) is 1. The van der Waals surface area contributed by atoms with Crippen molar-refractivity contribution in [2.24, 2.45) is 5.84 Å². The molecule has 0 saturated carbocycles. The summed E-state index contributed by atoms with van der Waals surface area (Å²) in [7, 11) is 0. The van der Waals surface area contributed by atoms with Gasteiger partial charge in [-0.05, 0) is 41.8 Å². The molecular formula is C17H21BrN2S. The quantitative estimate of drug-likeness (QED) is 0.424. The summed E-state index contributed by atoms with van der Waals surface area (Å²) in [4.78, 5) is 1.25. The van der Waals surface area contributed by atoms with Gasteiger partial charge in [-0.1, -0.05) is 53.5 Å². The van der Waals surface area contributed by atoms with Crippen molar-refractivity contribution in [3.05, 3.63) is 64.1 Å². The Balaban J connectivity index is 1.97. The maximum Gasteiger partial charge on any atom is 0.0553 e. The molecule has 0 aromatic heterocycles. The first kappa shape index (κ1) is 16.6. The van der Waals surface area contributed by atoms with Crippen LogP contribution in [0.3, 0.4) is 0 Å². The third-order valence-electron chi connectivity index (χ3n) is 3.35. The highest BCUT2D eigenvalue weighted by molar-refractivity contribution is 9.10. The molecule has 0 aliphatic heterocycles. The summed E-state index contributed by atoms with van der Waals surface area (Å²) < 4.78 is 1.10. The fourth-order valence-corrected chi connectivity index (χ4v) is 3.40. The lowest BCUT2D eigenvalue weighted by Gasteiger charge is -2.16. The number of halogens is 1. The smallest absolute Gasteiger partial charge is 0.0553 e. The SMILES string of the molecule is CCCc1ccc(C(CSc2ccc(Br)cc2)NN)cc1. The Kier molecular flexibility index (Phi) is 6.77. The number of hydrogen-bond donors (Lipinski definition) is 2. The minimum absolute atomic E-state index is 0.161. The third kappa shape index (κ3) is 5.15. The molecule has 0 amide bonds. The van der Waals surface area contributed by atoms with Crippen molar-refractivity contribution in [1.29, 1.82) is 0 Å². The second kappa shape index (κ2) is 8.59. The standard InChI is InChI=1S/C17H21BrN2S/c1-2-3-13-4-6-14(7-5-13)17(20-19)12-21-16-10-8-15(18)9-11-16/h4-11,17,20H,2-3,12,19H2,1H3. The van der Waals surface area contributed by atoms with Gasteiger partial charge in [-0.3, -0.25) is 11.3 Å². The van der Waals surface area contributed by atoms with Crippen molar-refractivity contribution in [3.63, 3.8) is 0 Å². The molecule has 1 unspecified atom stereocenters. The maximum atomic E-state index is 5.72. The van der Waals surface area contributed by atoms with E-state index in [1.54, 1.807) is 0 Å². The van der Waals surface area contributed by atoms with Gasteiger partial charge in [0, 0.05) is 15.1 Å². The second-order valence-corrected chi connectivity index (χ2v) is 6.98. The van der Waals surface area contributed by atoms with Crippen molar-refractivity contribution in [2.75, 3.05) is 5.75 Å². The van der Waals surface area contributed by atoms with Gasteiger partial charge in [0.1, 0.15) is 0 Å². The molecule has 0 aliphatic carbocycles. The van der Waals surface area contributed by atoms with Crippen LogP contribution in [0.2, 0.25) is 0 Å². The second-order valence-electron chi connectivity index (χ2n) is 4.98. The topological polar surface area (TPSA) is 38.0 Å². The molecule has 0 saturated heterocycles. The van der Waals surface area contributed by atoms with E-state index in [1.165, 1.54) is 22.4 Å². The van der Waals surface area contributed by atoms with Crippen molar-refractivity contribution >= 4 is 27.7 Å². The molecule has 2 aromatic rings. The largest absolute Gasteiger partial charge is 0.271 e. The molecule has 2 rings (SSSR count). The van der Waals surface area contributed by atoms with Gasteiger partial charge in [-0.2, -0.15) is 0 Å². The normalized spacial score (nSPS) is 12.3. The first-order valence-electron chi connectivity index (χ1n) is 7.16. The molecule has 1 atom stereocenters. The highest BCUT2D eigenvalue weighted by Gasteiger charge is 2.10. The Labute approximate surface area is 139 Å². The Morgan fingerprint density at radius 1 is 1.10 bits per heavy atom. The summed E-state index contributed by atoms with van der Waals surface area (Å²) in [5.41, 5.74) is 5.55. The van der Waals surface area contributed by atoms with Crippen LogP contribution in [0.25, 0.3) is 0 Å². The van der Waals surface area contributed by atoms with Crippen LogP contribution in [-0.4, -0.2) is 5.75 Å². The number of rotatable bonds is 7. The zero-order valence-corrected chi connectivity index (χ0v) is 14.6. The third-order valence-corrected chi connectivity index (χ3v) is 4.99. The first-order valence-corrected chi connectivity index (χ1v) is 8.94. The Morgan fingerprint density at radius 3 is 2.33 bits per heavy atom. The molecule has 2 nitrogen and oxygen atoms in total. The van der Waals surface area contributed by atoms with Crippen molar-refractivity contribution in [1.82, 2.24) is 5.43 Å². The van der Waals surface area contributed by atoms with E-state index in [9.17, 15) is 0 Å². The van der Waals surface area contributed by atoms with Crippen LogP contribution < -0.4 is 11.3 Å². The molecule has 0 heterocycles. The van der Waals surface area contributed by atoms with Crippen LogP contribution in [0.4, 0.5) is 0 Å².